The van der Waals surface area contributed by atoms with E-state index in [0.29, 0.717) is 25.0 Å². The molecule has 0 aliphatic rings. The second-order valence-electron chi connectivity index (χ2n) is 2.86. The van der Waals surface area contributed by atoms with Crippen molar-refractivity contribution >= 4 is 17.5 Å². The summed E-state index contributed by atoms with van der Waals surface area (Å²) in [5.41, 5.74) is 0. The average molecular weight is 232 g/mol. The molecule has 15 heavy (non-hydrogen) atoms. The van der Waals surface area contributed by atoms with Crippen LogP contribution in [0.25, 0.3) is 0 Å². The van der Waals surface area contributed by atoms with Gasteiger partial charge in [0, 0.05) is 25.9 Å². The quantitative estimate of drug-likeness (QED) is 0.745. The third-order valence-corrected chi connectivity index (χ3v) is 1.95. The molecule has 0 aromatic carbocycles. The predicted octanol–water partition coefficient (Wildman–Crippen LogP) is 1.15. The first-order valence-corrected chi connectivity index (χ1v) is 4.94. The lowest BCUT2D eigenvalue weighted by atomic mass is 10.4. The van der Waals surface area contributed by atoms with Gasteiger partial charge in [-0.1, -0.05) is 0 Å². The summed E-state index contributed by atoms with van der Waals surface area (Å²) in [4.78, 5) is 8.10. The number of anilines is 1. The van der Waals surface area contributed by atoms with Crippen LogP contribution in [0.1, 0.15) is 0 Å². The van der Waals surface area contributed by atoms with E-state index in [1.165, 1.54) is 0 Å². The van der Waals surface area contributed by atoms with Gasteiger partial charge in [0.05, 0.1) is 19.1 Å². The van der Waals surface area contributed by atoms with Gasteiger partial charge < -0.3 is 14.8 Å². The molecule has 1 aromatic heterocycles. The lowest BCUT2D eigenvalue weighted by molar-refractivity contribution is 0.200. The number of nitrogens with one attached hydrogen (secondary N) is 1. The first-order chi connectivity index (χ1) is 7.26. The molecule has 0 aliphatic heterocycles. The highest BCUT2D eigenvalue weighted by Gasteiger charge is 2.05. The molecule has 84 valence electrons. The largest absolute Gasteiger partial charge is 0.481 e. The van der Waals surface area contributed by atoms with Gasteiger partial charge in [0.15, 0.2) is 0 Å². The fourth-order valence-electron chi connectivity index (χ4n) is 0.983. The van der Waals surface area contributed by atoms with Crippen LogP contribution in [0.5, 0.6) is 5.88 Å². The molecule has 1 heterocycles. The van der Waals surface area contributed by atoms with Crippen LogP contribution in [0.15, 0.2) is 12.3 Å². The number of aromatic nitrogens is 2. The third kappa shape index (κ3) is 4.31. The molecule has 5 nitrogen and oxygen atoms in total. The molecule has 0 bridgehead atoms. The number of hydrogen-bond donors (Lipinski definition) is 1. The van der Waals surface area contributed by atoms with Crippen LogP contribution < -0.4 is 10.1 Å². The van der Waals surface area contributed by atoms with Crippen LogP contribution >= 0.6 is 11.6 Å². The second-order valence-corrected chi connectivity index (χ2v) is 3.47. The van der Waals surface area contributed by atoms with Gasteiger partial charge >= 0.3 is 0 Å². The highest BCUT2D eigenvalue weighted by Crippen LogP contribution is 2.07. The van der Waals surface area contributed by atoms with Crippen molar-refractivity contribution in [2.75, 3.05) is 32.7 Å². The zero-order valence-corrected chi connectivity index (χ0v) is 9.49. The van der Waals surface area contributed by atoms with Gasteiger partial charge in [-0.2, -0.15) is 4.98 Å². The predicted molar refractivity (Wildman–Crippen MR) is 58.6 cm³/mol. The Kier molecular flexibility index (Phi) is 5.14. The summed E-state index contributed by atoms with van der Waals surface area (Å²) in [6, 6.07) is 1.68. The summed E-state index contributed by atoms with van der Waals surface area (Å²) in [6.07, 6.45) is 1.62. The summed E-state index contributed by atoms with van der Waals surface area (Å²) in [5.74, 6) is 1.02. The molecule has 1 aromatic rings. The smallest absolute Gasteiger partial charge is 0.225 e. The van der Waals surface area contributed by atoms with E-state index in [2.05, 4.69) is 15.3 Å². The van der Waals surface area contributed by atoms with Gasteiger partial charge in [-0.25, -0.2) is 4.98 Å². The fourth-order valence-corrected chi connectivity index (χ4v) is 1.19. The van der Waals surface area contributed by atoms with E-state index in [4.69, 9.17) is 21.1 Å². The van der Waals surface area contributed by atoms with Gasteiger partial charge in [-0.3, -0.25) is 0 Å². The highest BCUT2D eigenvalue weighted by atomic mass is 35.5. The Morgan fingerprint density at radius 2 is 2.33 bits per heavy atom. The molecule has 6 heteroatoms. The molecule has 0 amide bonds. The van der Waals surface area contributed by atoms with Crippen LogP contribution in [0.3, 0.4) is 0 Å². The van der Waals surface area contributed by atoms with Crippen molar-refractivity contribution in [2.45, 2.75) is 5.38 Å². The maximum atomic E-state index is 5.93. The van der Waals surface area contributed by atoms with Crippen LogP contribution in [-0.2, 0) is 4.74 Å². The number of methoxy groups -OCH3 is 2. The van der Waals surface area contributed by atoms with Crippen LogP contribution in [0.4, 0.5) is 5.95 Å². The molecular weight excluding hydrogens is 218 g/mol. The topological polar surface area (TPSA) is 56.3 Å². The fraction of sp³-hybridized carbons (Fsp3) is 0.556. The minimum Gasteiger partial charge on any atom is -0.481 e. The summed E-state index contributed by atoms with van der Waals surface area (Å²) in [6.45, 7) is 1.03. The second kappa shape index (κ2) is 6.42. The van der Waals surface area contributed by atoms with Crippen molar-refractivity contribution in [2.24, 2.45) is 0 Å². The zero-order valence-electron chi connectivity index (χ0n) is 8.74. The van der Waals surface area contributed by atoms with E-state index in [1.807, 2.05) is 0 Å². The van der Waals surface area contributed by atoms with Gasteiger partial charge in [0.1, 0.15) is 0 Å². The summed E-state index contributed by atoms with van der Waals surface area (Å²) < 4.78 is 9.86. The van der Waals surface area contributed by atoms with E-state index in [-0.39, 0.29) is 5.38 Å². The molecule has 1 unspecified atom stereocenters. The number of ether oxygens (including phenoxy) is 2. The van der Waals surface area contributed by atoms with Crippen molar-refractivity contribution in [3.63, 3.8) is 0 Å². The van der Waals surface area contributed by atoms with Crippen molar-refractivity contribution in [1.82, 2.24) is 9.97 Å². The maximum Gasteiger partial charge on any atom is 0.225 e. The van der Waals surface area contributed by atoms with Crippen molar-refractivity contribution in [3.8, 4) is 5.88 Å². The van der Waals surface area contributed by atoms with E-state index in [9.17, 15) is 0 Å². The van der Waals surface area contributed by atoms with Crippen LogP contribution in [0, 0.1) is 0 Å². The molecule has 0 saturated heterocycles. The lowest BCUT2D eigenvalue weighted by Crippen LogP contribution is -2.20. The molecule has 0 saturated carbocycles. The Hall–Kier alpha value is -1.07. The molecule has 1 atom stereocenters. The number of rotatable bonds is 6. The van der Waals surface area contributed by atoms with Gasteiger partial charge in [0.2, 0.25) is 11.8 Å². The molecule has 0 spiro atoms. The molecule has 1 rings (SSSR count). The number of halogens is 1. The minimum absolute atomic E-state index is 0.107. The molecular formula is C9H14ClN3O2. The molecule has 1 N–H and O–H groups in total. The zero-order chi connectivity index (χ0) is 11.1. The Morgan fingerprint density at radius 1 is 1.53 bits per heavy atom. The normalized spacial score (nSPS) is 12.2. The first-order valence-electron chi connectivity index (χ1n) is 4.50. The van der Waals surface area contributed by atoms with Crippen molar-refractivity contribution < 1.29 is 9.47 Å². The van der Waals surface area contributed by atoms with Gasteiger partial charge in [-0.15, -0.1) is 11.6 Å². The van der Waals surface area contributed by atoms with Gasteiger partial charge in [0.25, 0.3) is 0 Å². The summed E-state index contributed by atoms with van der Waals surface area (Å²) >= 11 is 5.93. The minimum atomic E-state index is -0.107. The Balaban J connectivity index is 2.43. The highest BCUT2D eigenvalue weighted by molar-refractivity contribution is 6.21. The van der Waals surface area contributed by atoms with Crippen molar-refractivity contribution in [3.05, 3.63) is 12.3 Å². The Bertz CT molecular complexity index is 298. The van der Waals surface area contributed by atoms with Crippen molar-refractivity contribution in [1.29, 1.82) is 0 Å². The number of alkyl halides is 1. The number of hydrogen-bond acceptors (Lipinski definition) is 5. The lowest BCUT2D eigenvalue weighted by Gasteiger charge is -2.09. The van der Waals surface area contributed by atoms with E-state index in [1.54, 1.807) is 26.5 Å². The molecule has 0 fully saturated rings. The maximum absolute atomic E-state index is 5.93. The third-order valence-electron chi connectivity index (χ3n) is 1.67. The Morgan fingerprint density at radius 3 is 3.00 bits per heavy atom. The molecule has 0 radical (unpaired) electrons. The molecule has 0 aliphatic carbocycles. The van der Waals surface area contributed by atoms with E-state index < -0.39 is 0 Å². The number of nitrogens with zero attached hydrogens (tertiary/aromatic N) is 2. The Labute approximate surface area is 93.8 Å². The monoisotopic (exact) mass is 231 g/mol. The van der Waals surface area contributed by atoms with Crippen LogP contribution in [0.2, 0.25) is 0 Å². The van der Waals surface area contributed by atoms with Gasteiger partial charge in [-0.05, 0) is 0 Å². The summed E-state index contributed by atoms with van der Waals surface area (Å²) in [7, 11) is 3.17. The van der Waals surface area contributed by atoms with E-state index in [0.717, 1.165) is 0 Å². The first kappa shape index (κ1) is 12.0. The van der Waals surface area contributed by atoms with E-state index >= 15 is 0 Å². The average Bonchev–Trinajstić information content (AvgIpc) is 2.27. The summed E-state index contributed by atoms with van der Waals surface area (Å²) in [5, 5.41) is 2.88. The van der Waals surface area contributed by atoms with Crippen LogP contribution in [-0.4, -0.2) is 42.7 Å². The standard InChI is InChI=1S/C9H14ClN3O2/c1-14-6-7(10)5-12-9-11-4-3-8(13-9)15-2/h3-4,7H,5-6H2,1-2H3,(H,11,12,13). The SMILES string of the molecule is COCC(Cl)CNc1nccc(OC)n1.